The van der Waals surface area contributed by atoms with E-state index in [0.717, 1.165) is 5.56 Å². The number of aryl methyl sites for hydroxylation is 1. The number of hydrogen-bond acceptors (Lipinski definition) is 8. The van der Waals surface area contributed by atoms with Gasteiger partial charge in [-0.2, -0.15) is 5.10 Å². The molecule has 10 nitrogen and oxygen atoms in total. The molecule has 2 N–H and O–H groups in total. The van der Waals surface area contributed by atoms with Crippen molar-refractivity contribution in [2.75, 3.05) is 12.5 Å². The van der Waals surface area contributed by atoms with Crippen molar-refractivity contribution in [3.05, 3.63) is 85.3 Å². The minimum atomic E-state index is -0.546. The van der Waals surface area contributed by atoms with Crippen LogP contribution in [0.25, 0.3) is 0 Å². The fourth-order valence-corrected chi connectivity index (χ4v) is 2.71. The molecule has 0 spiro atoms. The zero-order valence-electron chi connectivity index (χ0n) is 17.2. The minimum absolute atomic E-state index is 0.0293. The Morgan fingerprint density at radius 1 is 1.26 bits per heavy atom. The summed E-state index contributed by atoms with van der Waals surface area (Å²) in [6, 6.07) is 12.2. The number of H-pyrrole nitrogens is 1. The van der Waals surface area contributed by atoms with E-state index in [9.17, 15) is 14.9 Å². The first kappa shape index (κ1) is 21.5. The van der Waals surface area contributed by atoms with E-state index in [1.54, 1.807) is 19.9 Å². The van der Waals surface area contributed by atoms with Gasteiger partial charge in [0.25, 0.3) is 5.56 Å². The second kappa shape index (κ2) is 9.53. The number of methoxy groups -OCH3 is 1. The van der Waals surface area contributed by atoms with Crippen LogP contribution in [-0.2, 0) is 6.61 Å². The molecule has 1 heterocycles. The standard InChI is InChI=1S/C21H21N5O5/c1-13-14(2)23-21(24-20(13)27)25-22-11-16-9-17(26(28)29)19(18(10-16)30-3)31-12-15-7-5-4-6-8-15/h4-11H,12H2,1-3H3,(H2,23,24,25,27)/b22-11-. The molecule has 3 aromatic rings. The Morgan fingerprint density at radius 2 is 2.00 bits per heavy atom. The van der Waals surface area contributed by atoms with Crippen molar-refractivity contribution < 1.29 is 14.4 Å². The Bertz CT molecular complexity index is 1170. The molecule has 0 fully saturated rings. The molecule has 160 valence electrons. The van der Waals surface area contributed by atoms with Gasteiger partial charge in [-0.3, -0.25) is 19.9 Å². The van der Waals surface area contributed by atoms with Crippen LogP contribution in [0, 0.1) is 24.0 Å². The van der Waals surface area contributed by atoms with Gasteiger partial charge in [0.1, 0.15) is 6.61 Å². The summed E-state index contributed by atoms with van der Waals surface area (Å²) in [7, 11) is 1.40. The van der Waals surface area contributed by atoms with E-state index in [1.165, 1.54) is 19.4 Å². The van der Waals surface area contributed by atoms with Crippen LogP contribution in [0.15, 0.2) is 52.4 Å². The van der Waals surface area contributed by atoms with Crippen molar-refractivity contribution in [1.82, 2.24) is 9.97 Å². The number of nitro benzene ring substituents is 1. The van der Waals surface area contributed by atoms with Gasteiger partial charge < -0.3 is 9.47 Å². The smallest absolute Gasteiger partial charge is 0.315 e. The maximum absolute atomic E-state index is 11.8. The molecule has 0 bridgehead atoms. The highest BCUT2D eigenvalue weighted by Crippen LogP contribution is 2.38. The van der Waals surface area contributed by atoms with Crippen LogP contribution in [0.3, 0.4) is 0 Å². The molecule has 2 aromatic carbocycles. The Labute approximate surface area is 177 Å². The van der Waals surface area contributed by atoms with Gasteiger partial charge in [0, 0.05) is 22.9 Å². The number of nitrogens with one attached hydrogen (secondary N) is 2. The third kappa shape index (κ3) is 5.24. The second-order valence-corrected chi connectivity index (χ2v) is 6.60. The van der Waals surface area contributed by atoms with E-state index in [2.05, 4.69) is 20.5 Å². The van der Waals surface area contributed by atoms with E-state index in [4.69, 9.17) is 9.47 Å². The zero-order valence-corrected chi connectivity index (χ0v) is 17.2. The molecule has 0 aliphatic carbocycles. The first-order chi connectivity index (χ1) is 14.9. The summed E-state index contributed by atoms with van der Waals surface area (Å²) < 4.78 is 11.0. The van der Waals surface area contributed by atoms with Crippen LogP contribution in [0.5, 0.6) is 11.5 Å². The maximum atomic E-state index is 11.8. The average Bonchev–Trinajstić information content (AvgIpc) is 2.76. The van der Waals surface area contributed by atoms with Crippen LogP contribution < -0.4 is 20.5 Å². The number of aromatic nitrogens is 2. The van der Waals surface area contributed by atoms with Gasteiger partial charge in [0.2, 0.25) is 11.7 Å². The quantitative estimate of drug-likeness (QED) is 0.323. The predicted molar refractivity (Wildman–Crippen MR) is 116 cm³/mol. The fraction of sp³-hybridized carbons (Fsp3) is 0.190. The van der Waals surface area contributed by atoms with Crippen LogP contribution in [0.2, 0.25) is 0 Å². The van der Waals surface area contributed by atoms with Gasteiger partial charge in [-0.25, -0.2) is 10.4 Å². The molecule has 0 atom stereocenters. The number of hydrogen-bond donors (Lipinski definition) is 2. The fourth-order valence-electron chi connectivity index (χ4n) is 2.71. The third-order valence-electron chi connectivity index (χ3n) is 4.48. The molecule has 0 amide bonds. The Morgan fingerprint density at radius 3 is 2.65 bits per heavy atom. The van der Waals surface area contributed by atoms with Gasteiger partial charge in [0.15, 0.2) is 5.75 Å². The zero-order chi connectivity index (χ0) is 22.4. The van der Waals surface area contributed by atoms with E-state index in [0.29, 0.717) is 16.8 Å². The van der Waals surface area contributed by atoms with Gasteiger partial charge in [-0.15, -0.1) is 0 Å². The molecule has 0 saturated heterocycles. The first-order valence-corrected chi connectivity index (χ1v) is 9.28. The monoisotopic (exact) mass is 423 g/mol. The predicted octanol–water partition coefficient (Wildman–Crippen LogP) is 3.33. The van der Waals surface area contributed by atoms with E-state index < -0.39 is 4.92 Å². The van der Waals surface area contributed by atoms with E-state index in [1.807, 2.05) is 30.3 Å². The lowest BCUT2D eigenvalue weighted by atomic mass is 10.1. The van der Waals surface area contributed by atoms with Crippen LogP contribution in [0.4, 0.5) is 11.6 Å². The Balaban J connectivity index is 1.84. The Hall–Kier alpha value is -4.21. The lowest BCUT2D eigenvalue weighted by Crippen LogP contribution is -2.15. The number of anilines is 1. The normalized spacial score (nSPS) is 10.8. The largest absolute Gasteiger partial charge is 0.493 e. The summed E-state index contributed by atoms with van der Waals surface area (Å²) in [5, 5.41) is 15.6. The molecule has 0 radical (unpaired) electrons. The molecular formula is C21H21N5O5. The van der Waals surface area contributed by atoms with E-state index in [-0.39, 0.29) is 35.3 Å². The van der Waals surface area contributed by atoms with E-state index >= 15 is 0 Å². The number of hydrazone groups is 1. The molecule has 0 aliphatic heterocycles. The topological polar surface area (TPSA) is 132 Å². The molecule has 3 rings (SSSR count). The summed E-state index contributed by atoms with van der Waals surface area (Å²) in [5.41, 5.74) is 4.42. The maximum Gasteiger partial charge on any atom is 0.315 e. The lowest BCUT2D eigenvalue weighted by Gasteiger charge is -2.12. The van der Waals surface area contributed by atoms with Crippen molar-refractivity contribution in [3.8, 4) is 11.5 Å². The number of rotatable bonds is 8. The lowest BCUT2D eigenvalue weighted by molar-refractivity contribution is -0.386. The van der Waals surface area contributed by atoms with Crippen molar-refractivity contribution in [1.29, 1.82) is 0 Å². The summed E-state index contributed by atoms with van der Waals surface area (Å²) in [4.78, 5) is 29.6. The Kier molecular flexibility index (Phi) is 6.61. The second-order valence-electron chi connectivity index (χ2n) is 6.60. The molecule has 0 unspecified atom stereocenters. The molecule has 1 aromatic heterocycles. The number of nitrogens with zero attached hydrogens (tertiary/aromatic N) is 3. The molecule has 31 heavy (non-hydrogen) atoms. The number of benzene rings is 2. The van der Waals surface area contributed by atoms with Gasteiger partial charge in [-0.1, -0.05) is 30.3 Å². The van der Waals surface area contributed by atoms with Crippen LogP contribution >= 0.6 is 0 Å². The summed E-state index contributed by atoms with van der Waals surface area (Å²) >= 11 is 0. The van der Waals surface area contributed by atoms with Gasteiger partial charge in [-0.05, 0) is 25.5 Å². The highest BCUT2D eigenvalue weighted by molar-refractivity contribution is 5.83. The number of nitro groups is 1. The average molecular weight is 423 g/mol. The summed E-state index contributed by atoms with van der Waals surface area (Å²) in [5.74, 6) is 0.388. The van der Waals surface area contributed by atoms with Crippen molar-refractivity contribution in [3.63, 3.8) is 0 Å². The van der Waals surface area contributed by atoms with Gasteiger partial charge >= 0.3 is 5.69 Å². The molecule has 0 saturated carbocycles. The summed E-state index contributed by atoms with van der Waals surface area (Å²) in [6.45, 7) is 3.53. The highest BCUT2D eigenvalue weighted by Gasteiger charge is 2.22. The highest BCUT2D eigenvalue weighted by atomic mass is 16.6. The number of aromatic amines is 1. The number of ether oxygens (including phenoxy) is 2. The minimum Gasteiger partial charge on any atom is -0.493 e. The SMILES string of the molecule is COc1cc(/C=N\Nc2nc(C)c(C)c(=O)[nH]2)cc([N+](=O)[O-])c1OCc1ccccc1. The molecule has 0 aliphatic rings. The van der Waals surface area contributed by atoms with Crippen molar-refractivity contribution in [2.45, 2.75) is 20.5 Å². The van der Waals surface area contributed by atoms with Crippen molar-refractivity contribution in [2.24, 2.45) is 5.10 Å². The van der Waals surface area contributed by atoms with Crippen molar-refractivity contribution >= 4 is 17.9 Å². The summed E-state index contributed by atoms with van der Waals surface area (Å²) in [6.07, 6.45) is 1.35. The van der Waals surface area contributed by atoms with Gasteiger partial charge in [0.05, 0.1) is 18.2 Å². The molecular weight excluding hydrogens is 402 g/mol. The molecule has 10 heteroatoms. The first-order valence-electron chi connectivity index (χ1n) is 9.28. The van der Waals surface area contributed by atoms with Crippen LogP contribution in [-0.4, -0.2) is 28.2 Å². The van der Waals surface area contributed by atoms with Crippen LogP contribution in [0.1, 0.15) is 22.4 Å². The third-order valence-corrected chi connectivity index (χ3v) is 4.48.